The van der Waals surface area contributed by atoms with Gasteiger partial charge in [0.2, 0.25) is 0 Å². The van der Waals surface area contributed by atoms with E-state index in [4.69, 9.17) is 4.74 Å². The predicted molar refractivity (Wildman–Crippen MR) is 98.1 cm³/mol. The van der Waals surface area contributed by atoms with Crippen molar-refractivity contribution in [1.82, 2.24) is 0 Å². The van der Waals surface area contributed by atoms with E-state index in [9.17, 15) is 0 Å². The lowest BCUT2D eigenvalue weighted by Gasteiger charge is -2.43. The molecule has 1 heteroatoms. The molecule has 0 bridgehead atoms. The predicted octanol–water partition coefficient (Wildman–Crippen LogP) is 6.56. The van der Waals surface area contributed by atoms with Crippen LogP contribution in [0.15, 0.2) is 0 Å². The van der Waals surface area contributed by atoms with Gasteiger partial charge in [0.25, 0.3) is 0 Å². The van der Waals surface area contributed by atoms with Crippen LogP contribution in [0.1, 0.15) is 89.0 Å². The van der Waals surface area contributed by atoms with Gasteiger partial charge >= 0.3 is 0 Å². The smallest absolute Gasteiger partial charge is 0.0621 e. The largest absolute Gasteiger partial charge is 0.374 e. The molecule has 0 saturated carbocycles. The minimum absolute atomic E-state index is 0.291. The van der Waals surface area contributed by atoms with Crippen molar-refractivity contribution in [1.29, 1.82) is 0 Å². The standard InChI is InChI=1S/C21H42O/c1-14(2)12-15-17(20(6,7)8)18(21(9,10)11)16(22-15)13-19(3,4)5/h14-18H,12-13H2,1-11H3. The second-order valence-corrected chi connectivity index (χ2v) is 11.4. The summed E-state index contributed by atoms with van der Waals surface area (Å²) in [5, 5.41) is 0. The molecular weight excluding hydrogens is 268 g/mol. The van der Waals surface area contributed by atoms with E-state index in [0.29, 0.717) is 46.2 Å². The molecule has 1 aliphatic heterocycles. The minimum atomic E-state index is 0.291. The average Bonchev–Trinajstić information content (AvgIpc) is 2.50. The summed E-state index contributed by atoms with van der Waals surface area (Å²) in [7, 11) is 0. The first kappa shape index (κ1) is 20.0. The van der Waals surface area contributed by atoms with Crippen LogP contribution in [0, 0.1) is 34.0 Å². The third kappa shape index (κ3) is 5.25. The van der Waals surface area contributed by atoms with Crippen LogP contribution in [0.25, 0.3) is 0 Å². The topological polar surface area (TPSA) is 9.23 Å². The summed E-state index contributed by atoms with van der Waals surface area (Å²) < 4.78 is 6.73. The van der Waals surface area contributed by atoms with E-state index in [1.807, 2.05) is 0 Å². The van der Waals surface area contributed by atoms with Crippen LogP contribution in [0.3, 0.4) is 0 Å². The molecular formula is C21H42O. The van der Waals surface area contributed by atoms with E-state index in [2.05, 4.69) is 76.2 Å². The highest BCUT2D eigenvalue weighted by molar-refractivity contribution is 5.01. The maximum atomic E-state index is 6.73. The molecule has 0 aliphatic carbocycles. The van der Waals surface area contributed by atoms with E-state index in [1.165, 1.54) is 6.42 Å². The fraction of sp³-hybridized carbons (Fsp3) is 1.00. The fourth-order valence-electron chi connectivity index (χ4n) is 4.49. The normalized spacial score (nSPS) is 31.1. The van der Waals surface area contributed by atoms with Crippen LogP contribution in [-0.4, -0.2) is 12.2 Å². The Kier molecular flexibility index (Phi) is 5.87. The van der Waals surface area contributed by atoms with Crippen molar-refractivity contribution in [2.75, 3.05) is 0 Å². The van der Waals surface area contributed by atoms with Gasteiger partial charge in [0.1, 0.15) is 0 Å². The van der Waals surface area contributed by atoms with Gasteiger partial charge in [-0.05, 0) is 46.8 Å². The van der Waals surface area contributed by atoms with Gasteiger partial charge in [-0.1, -0.05) is 76.2 Å². The summed E-state index contributed by atoms with van der Waals surface area (Å²) in [4.78, 5) is 0. The van der Waals surface area contributed by atoms with Crippen LogP contribution >= 0.6 is 0 Å². The first-order valence-electron chi connectivity index (χ1n) is 9.28. The zero-order valence-corrected chi connectivity index (χ0v) is 17.2. The second kappa shape index (κ2) is 6.46. The Hall–Kier alpha value is -0.0400. The summed E-state index contributed by atoms with van der Waals surface area (Å²) >= 11 is 0. The van der Waals surface area contributed by atoms with Crippen LogP contribution < -0.4 is 0 Å². The first-order chi connectivity index (χ1) is 9.63. The van der Waals surface area contributed by atoms with Crippen LogP contribution in [-0.2, 0) is 4.74 Å². The molecule has 0 aromatic heterocycles. The first-order valence-corrected chi connectivity index (χ1v) is 9.28. The molecule has 1 aliphatic rings. The second-order valence-electron chi connectivity index (χ2n) is 11.4. The molecule has 0 N–H and O–H groups in total. The molecule has 1 fully saturated rings. The van der Waals surface area contributed by atoms with Crippen molar-refractivity contribution in [2.45, 2.75) is 101 Å². The lowest BCUT2D eigenvalue weighted by atomic mass is 9.60. The molecule has 0 radical (unpaired) electrons. The summed E-state index contributed by atoms with van der Waals surface area (Å²) in [6.07, 6.45) is 3.16. The van der Waals surface area contributed by atoms with Gasteiger partial charge < -0.3 is 4.74 Å². The molecule has 0 aromatic carbocycles. The molecule has 1 heterocycles. The third-order valence-corrected chi connectivity index (χ3v) is 5.05. The minimum Gasteiger partial charge on any atom is -0.374 e. The highest BCUT2D eigenvalue weighted by atomic mass is 16.5. The van der Waals surface area contributed by atoms with Crippen LogP contribution in [0.4, 0.5) is 0 Å². The third-order valence-electron chi connectivity index (χ3n) is 5.05. The molecule has 0 aromatic rings. The molecule has 22 heavy (non-hydrogen) atoms. The maximum Gasteiger partial charge on any atom is 0.0621 e. The highest BCUT2D eigenvalue weighted by Gasteiger charge is 2.53. The van der Waals surface area contributed by atoms with Gasteiger partial charge in [0.15, 0.2) is 0 Å². The zero-order valence-electron chi connectivity index (χ0n) is 17.2. The van der Waals surface area contributed by atoms with Crippen molar-refractivity contribution in [3.63, 3.8) is 0 Å². The summed E-state index contributed by atoms with van der Waals surface area (Å²) in [5.74, 6) is 1.97. The summed E-state index contributed by atoms with van der Waals surface area (Å²) in [6, 6.07) is 0. The van der Waals surface area contributed by atoms with E-state index in [-0.39, 0.29) is 0 Å². The lowest BCUT2D eigenvalue weighted by Crippen LogP contribution is -2.41. The molecule has 4 unspecified atom stereocenters. The molecule has 0 spiro atoms. The number of rotatable bonds is 3. The molecule has 1 nitrogen and oxygen atoms in total. The summed E-state index contributed by atoms with van der Waals surface area (Å²) in [6.45, 7) is 26.1. The van der Waals surface area contributed by atoms with Crippen molar-refractivity contribution in [2.24, 2.45) is 34.0 Å². The Labute approximate surface area is 140 Å². The Morgan fingerprint density at radius 2 is 1.14 bits per heavy atom. The van der Waals surface area contributed by atoms with Gasteiger partial charge in [0, 0.05) is 0 Å². The molecule has 132 valence electrons. The average molecular weight is 311 g/mol. The highest BCUT2D eigenvalue weighted by Crippen LogP contribution is 2.54. The Balaban J connectivity index is 3.19. The van der Waals surface area contributed by atoms with Crippen LogP contribution in [0.2, 0.25) is 0 Å². The summed E-state index contributed by atoms with van der Waals surface area (Å²) in [5.41, 5.74) is 0.910. The number of hydrogen-bond donors (Lipinski definition) is 0. The van der Waals surface area contributed by atoms with Crippen molar-refractivity contribution in [3.8, 4) is 0 Å². The van der Waals surface area contributed by atoms with Gasteiger partial charge in [-0.15, -0.1) is 0 Å². The monoisotopic (exact) mass is 310 g/mol. The Bertz CT molecular complexity index is 348. The van der Waals surface area contributed by atoms with E-state index in [1.54, 1.807) is 0 Å². The maximum absolute atomic E-state index is 6.73. The van der Waals surface area contributed by atoms with Crippen LogP contribution in [0.5, 0.6) is 0 Å². The van der Waals surface area contributed by atoms with Gasteiger partial charge in [-0.2, -0.15) is 0 Å². The quantitative estimate of drug-likeness (QED) is 0.573. The lowest BCUT2D eigenvalue weighted by molar-refractivity contribution is -0.0142. The van der Waals surface area contributed by atoms with Crippen molar-refractivity contribution in [3.05, 3.63) is 0 Å². The number of ether oxygens (including phenoxy) is 1. The molecule has 0 amide bonds. The SMILES string of the molecule is CC(C)CC1OC(CC(C)(C)C)C(C(C)(C)C)C1C(C)(C)C. The zero-order chi connectivity index (χ0) is 17.5. The molecule has 4 atom stereocenters. The fourth-order valence-corrected chi connectivity index (χ4v) is 4.49. The van der Waals surface area contributed by atoms with Crippen molar-refractivity contribution < 1.29 is 4.74 Å². The van der Waals surface area contributed by atoms with Gasteiger partial charge in [0.05, 0.1) is 12.2 Å². The Morgan fingerprint density at radius 3 is 1.45 bits per heavy atom. The Morgan fingerprint density at radius 1 is 0.727 bits per heavy atom. The van der Waals surface area contributed by atoms with E-state index >= 15 is 0 Å². The van der Waals surface area contributed by atoms with Gasteiger partial charge in [-0.3, -0.25) is 0 Å². The van der Waals surface area contributed by atoms with E-state index < -0.39 is 0 Å². The van der Waals surface area contributed by atoms with Gasteiger partial charge in [-0.25, -0.2) is 0 Å². The van der Waals surface area contributed by atoms with Crippen molar-refractivity contribution >= 4 is 0 Å². The molecule has 1 saturated heterocycles. The van der Waals surface area contributed by atoms with E-state index in [0.717, 1.165) is 6.42 Å². The molecule has 1 rings (SSSR count). The number of hydrogen-bond acceptors (Lipinski definition) is 1.